The van der Waals surface area contributed by atoms with Gasteiger partial charge in [-0.25, -0.2) is 0 Å². The Labute approximate surface area is 88.0 Å². The number of aliphatic carboxylic acids is 1. The summed E-state index contributed by atoms with van der Waals surface area (Å²) >= 11 is 1.46. The Balaban J connectivity index is 3.27. The van der Waals surface area contributed by atoms with E-state index in [0.29, 0.717) is 17.9 Å². The highest BCUT2D eigenvalue weighted by Crippen LogP contribution is 2.05. The molecular formula is C9H16O4S. The fraction of sp³-hybridized carbons (Fsp3) is 0.778. The summed E-state index contributed by atoms with van der Waals surface area (Å²) in [7, 11) is 0. The van der Waals surface area contributed by atoms with Crippen molar-refractivity contribution in [2.24, 2.45) is 0 Å². The first-order valence-electron chi connectivity index (χ1n) is 4.51. The normalized spacial score (nSPS) is 10.2. The molecule has 0 amide bonds. The smallest absolute Gasteiger partial charge is 0.306 e. The molecule has 0 aliphatic rings. The van der Waals surface area contributed by atoms with E-state index in [1.54, 1.807) is 13.8 Å². The van der Waals surface area contributed by atoms with Gasteiger partial charge in [-0.2, -0.15) is 11.8 Å². The Hall–Kier alpha value is -0.710. The van der Waals surface area contributed by atoms with Crippen molar-refractivity contribution in [3.63, 3.8) is 0 Å². The molecule has 0 fully saturated rings. The van der Waals surface area contributed by atoms with Crippen LogP contribution in [0.15, 0.2) is 0 Å². The van der Waals surface area contributed by atoms with Crippen LogP contribution in [0.4, 0.5) is 0 Å². The fourth-order valence-corrected chi connectivity index (χ4v) is 1.57. The van der Waals surface area contributed by atoms with E-state index in [2.05, 4.69) is 0 Å². The van der Waals surface area contributed by atoms with E-state index in [1.807, 2.05) is 0 Å². The minimum absolute atomic E-state index is 0.0773. The monoisotopic (exact) mass is 220 g/mol. The molecule has 0 bridgehead atoms. The van der Waals surface area contributed by atoms with Crippen LogP contribution in [-0.2, 0) is 14.3 Å². The van der Waals surface area contributed by atoms with Gasteiger partial charge >= 0.3 is 11.9 Å². The van der Waals surface area contributed by atoms with Crippen LogP contribution in [-0.4, -0.2) is 34.7 Å². The predicted molar refractivity (Wildman–Crippen MR) is 55.4 cm³/mol. The van der Waals surface area contributed by atoms with Crippen molar-refractivity contribution in [2.75, 3.05) is 11.5 Å². The molecule has 0 aliphatic heterocycles. The molecule has 1 N–H and O–H groups in total. The fourth-order valence-electron chi connectivity index (χ4n) is 0.739. The lowest BCUT2D eigenvalue weighted by atomic mass is 10.4. The van der Waals surface area contributed by atoms with Crippen molar-refractivity contribution in [1.82, 2.24) is 0 Å². The number of carboxylic acids is 1. The minimum atomic E-state index is -0.803. The summed E-state index contributed by atoms with van der Waals surface area (Å²) in [6.07, 6.45) is 0.415. The first-order valence-corrected chi connectivity index (χ1v) is 5.67. The minimum Gasteiger partial charge on any atom is -0.481 e. The molecule has 0 radical (unpaired) electrons. The maximum absolute atomic E-state index is 11.0. The van der Waals surface area contributed by atoms with E-state index in [9.17, 15) is 9.59 Å². The molecule has 82 valence electrons. The van der Waals surface area contributed by atoms with Crippen molar-refractivity contribution < 1.29 is 19.4 Å². The average molecular weight is 220 g/mol. The van der Waals surface area contributed by atoms with Crippen LogP contribution < -0.4 is 0 Å². The third kappa shape index (κ3) is 9.38. The lowest BCUT2D eigenvalue weighted by Gasteiger charge is -2.06. The van der Waals surface area contributed by atoms with Crippen molar-refractivity contribution in [1.29, 1.82) is 0 Å². The quantitative estimate of drug-likeness (QED) is 0.521. The van der Waals surface area contributed by atoms with Crippen LogP contribution in [0.1, 0.15) is 26.7 Å². The Morgan fingerprint density at radius 1 is 1.29 bits per heavy atom. The number of carbonyl (C=O) groups excluding carboxylic acids is 1. The highest BCUT2D eigenvalue weighted by atomic mass is 32.2. The van der Waals surface area contributed by atoms with Gasteiger partial charge in [-0.3, -0.25) is 9.59 Å². The zero-order valence-electron chi connectivity index (χ0n) is 8.49. The van der Waals surface area contributed by atoms with E-state index in [-0.39, 0.29) is 18.5 Å². The zero-order chi connectivity index (χ0) is 11.0. The maximum atomic E-state index is 11.0. The van der Waals surface area contributed by atoms with Gasteiger partial charge in [-0.1, -0.05) is 0 Å². The van der Waals surface area contributed by atoms with Crippen LogP contribution in [0.2, 0.25) is 0 Å². The van der Waals surface area contributed by atoms with Gasteiger partial charge < -0.3 is 9.84 Å². The molecule has 0 saturated heterocycles. The number of carbonyl (C=O) groups is 2. The van der Waals surface area contributed by atoms with Gasteiger partial charge in [0.15, 0.2) is 0 Å². The number of thioether (sulfide) groups is 1. The second kappa shape index (κ2) is 7.67. The van der Waals surface area contributed by atoms with E-state index in [0.717, 1.165) is 0 Å². The molecular weight excluding hydrogens is 204 g/mol. The highest BCUT2D eigenvalue weighted by molar-refractivity contribution is 7.99. The van der Waals surface area contributed by atoms with Gasteiger partial charge in [0.05, 0.1) is 18.9 Å². The number of ether oxygens (including phenoxy) is 1. The summed E-state index contributed by atoms with van der Waals surface area (Å²) in [5.74, 6) is 0.147. The Bertz CT molecular complexity index is 191. The molecule has 0 saturated carbocycles. The molecule has 14 heavy (non-hydrogen) atoms. The molecule has 4 nitrogen and oxygen atoms in total. The second-order valence-electron chi connectivity index (χ2n) is 3.04. The van der Waals surface area contributed by atoms with Crippen molar-refractivity contribution in [3.05, 3.63) is 0 Å². The topological polar surface area (TPSA) is 63.6 Å². The SMILES string of the molecule is CC(C)OC(=O)CCSCCC(=O)O. The molecule has 0 atom stereocenters. The van der Waals surface area contributed by atoms with Gasteiger partial charge in [0.25, 0.3) is 0 Å². The van der Waals surface area contributed by atoms with Crippen LogP contribution in [0.3, 0.4) is 0 Å². The molecule has 0 heterocycles. The van der Waals surface area contributed by atoms with Crippen LogP contribution in [0.25, 0.3) is 0 Å². The van der Waals surface area contributed by atoms with E-state index >= 15 is 0 Å². The number of carboxylic acid groups (broad SMARTS) is 1. The third-order valence-electron chi connectivity index (χ3n) is 1.28. The van der Waals surface area contributed by atoms with Crippen LogP contribution in [0.5, 0.6) is 0 Å². The van der Waals surface area contributed by atoms with Crippen LogP contribution in [0, 0.1) is 0 Å². The van der Waals surface area contributed by atoms with E-state index in [1.165, 1.54) is 11.8 Å². The average Bonchev–Trinajstić information content (AvgIpc) is 2.01. The molecule has 0 rings (SSSR count). The number of rotatable bonds is 7. The van der Waals surface area contributed by atoms with Gasteiger partial charge in [-0.15, -0.1) is 0 Å². The zero-order valence-corrected chi connectivity index (χ0v) is 9.30. The first kappa shape index (κ1) is 13.3. The summed E-state index contributed by atoms with van der Waals surface area (Å²) < 4.78 is 4.91. The number of esters is 1. The standard InChI is InChI=1S/C9H16O4S/c1-7(2)13-9(12)4-6-14-5-3-8(10)11/h7H,3-6H2,1-2H3,(H,10,11). The van der Waals surface area contributed by atoms with Gasteiger partial charge in [-0.05, 0) is 13.8 Å². The summed E-state index contributed by atoms with van der Waals surface area (Å²) in [5.41, 5.74) is 0. The van der Waals surface area contributed by atoms with E-state index in [4.69, 9.17) is 9.84 Å². The molecule has 0 spiro atoms. The summed E-state index contributed by atoms with van der Waals surface area (Å²) in [6, 6.07) is 0. The second-order valence-corrected chi connectivity index (χ2v) is 4.27. The molecule has 5 heteroatoms. The molecule has 0 aromatic carbocycles. The maximum Gasteiger partial charge on any atom is 0.306 e. The lowest BCUT2D eigenvalue weighted by molar-refractivity contribution is -0.146. The van der Waals surface area contributed by atoms with Crippen molar-refractivity contribution in [3.8, 4) is 0 Å². The number of hydrogen-bond acceptors (Lipinski definition) is 4. The van der Waals surface area contributed by atoms with E-state index < -0.39 is 5.97 Å². The third-order valence-corrected chi connectivity index (χ3v) is 2.26. The molecule has 0 aliphatic carbocycles. The molecule has 0 unspecified atom stereocenters. The van der Waals surface area contributed by atoms with Crippen molar-refractivity contribution >= 4 is 23.7 Å². The van der Waals surface area contributed by atoms with Gasteiger partial charge in [0, 0.05) is 11.5 Å². The van der Waals surface area contributed by atoms with Gasteiger partial charge in [0.1, 0.15) is 0 Å². The molecule has 0 aromatic heterocycles. The number of hydrogen-bond donors (Lipinski definition) is 1. The Kier molecular flexibility index (Phi) is 7.28. The Morgan fingerprint density at radius 3 is 2.36 bits per heavy atom. The highest BCUT2D eigenvalue weighted by Gasteiger charge is 2.05. The van der Waals surface area contributed by atoms with Gasteiger partial charge in [0.2, 0.25) is 0 Å². The van der Waals surface area contributed by atoms with Crippen LogP contribution >= 0.6 is 11.8 Å². The Morgan fingerprint density at radius 2 is 1.86 bits per heavy atom. The summed E-state index contributed by atoms with van der Waals surface area (Å²) in [4.78, 5) is 21.1. The summed E-state index contributed by atoms with van der Waals surface area (Å²) in [6.45, 7) is 3.60. The largest absolute Gasteiger partial charge is 0.481 e. The molecule has 0 aromatic rings. The first-order chi connectivity index (χ1) is 6.52. The predicted octanol–water partition coefficient (Wildman–Crippen LogP) is 1.54. The van der Waals surface area contributed by atoms with Crippen molar-refractivity contribution in [2.45, 2.75) is 32.8 Å². The summed E-state index contributed by atoms with van der Waals surface area (Å²) in [5, 5.41) is 8.34. The lowest BCUT2D eigenvalue weighted by Crippen LogP contribution is -2.11.